The van der Waals surface area contributed by atoms with E-state index in [1.54, 1.807) is 0 Å². The van der Waals surface area contributed by atoms with Gasteiger partial charge in [-0.2, -0.15) is 0 Å². The summed E-state index contributed by atoms with van der Waals surface area (Å²) in [7, 11) is 0. The topological polar surface area (TPSA) is 147 Å². The molecule has 0 spiro atoms. The zero-order valence-corrected chi connectivity index (χ0v) is 17.7. The van der Waals surface area contributed by atoms with Gasteiger partial charge in [-0.1, -0.05) is 0 Å². The van der Waals surface area contributed by atoms with E-state index in [1.807, 2.05) is 0 Å². The third-order valence-electron chi connectivity index (χ3n) is 4.37. The largest absolute Gasteiger partial charge is 0.368 e. The fourth-order valence-electron chi connectivity index (χ4n) is 3.07. The van der Waals surface area contributed by atoms with Crippen LogP contribution < -0.4 is 11.1 Å². The monoisotopic (exact) mass is 513 g/mol. The number of primary amides is 1. The lowest BCUT2D eigenvalue weighted by molar-refractivity contribution is -0.138. The molecule has 1 saturated heterocycles. The van der Waals surface area contributed by atoms with Crippen LogP contribution in [-0.4, -0.2) is 61.2 Å². The average molecular weight is 515 g/mol. The second-order valence-corrected chi connectivity index (χ2v) is 7.71. The summed E-state index contributed by atoms with van der Waals surface area (Å²) in [5.41, 5.74) is 6.12. The van der Waals surface area contributed by atoms with Gasteiger partial charge in [-0.05, 0) is 44.7 Å². The SMILES string of the molecule is NC(=O)[C@@H]1CCCN1C(=O)[C@H](Cc1[nH]c(Br)nc1Br)NC(=O)c1cnccn1. The van der Waals surface area contributed by atoms with E-state index in [0.29, 0.717) is 34.4 Å². The van der Waals surface area contributed by atoms with Gasteiger partial charge in [0.25, 0.3) is 5.91 Å². The molecule has 2 aromatic heterocycles. The first-order valence-corrected chi connectivity index (χ1v) is 10.0. The van der Waals surface area contributed by atoms with Gasteiger partial charge in [-0.3, -0.25) is 19.4 Å². The van der Waals surface area contributed by atoms with Crippen molar-refractivity contribution in [3.8, 4) is 0 Å². The summed E-state index contributed by atoms with van der Waals surface area (Å²) < 4.78 is 0.996. The molecular weight excluding hydrogens is 498 g/mol. The fraction of sp³-hybridized carbons (Fsp3) is 0.375. The van der Waals surface area contributed by atoms with Crippen molar-refractivity contribution in [2.24, 2.45) is 5.73 Å². The highest BCUT2D eigenvalue weighted by Crippen LogP contribution is 2.22. The number of imidazole rings is 1. The van der Waals surface area contributed by atoms with Crippen molar-refractivity contribution in [1.29, 1.82) is 0 Å². The van der Waals surface area contributed by atoms with E-state index < -0.39 is 29.8 Å². The van der Waals surface area contributed by atoms with Crippen molar-refractivity contribution >= 4 is 49.6 Å². The Labute approximate surface area is 177 Å². The number of nitrogens with zero attached hydrogens (tertiary/aromatic N) is 4. The van der Waals surface area contributed by atoms with Crippen molar-refractivity contribution in [2.75, 3.05) is 6.54 Å². The summed E-state index contributed by atoms with van der Waals surface area (Å²) in [5, 5.41) is 2.69. The molecule has 12 heteroatoms. The lowest BCUT2D eigenvalue weighted by Gasteiger charge is -2.27. The van der Waals surface area contributed by atoms with Crippen LogP contribution in [0.3, 0.4) is 0 Å². The lowest BCUT2D eigenvalue weighted by atomic mass is 10.1. The first kappa shape index (κ1) is 20.4. The number of nitrogens with one attached hydrogen (secondary N) is 2. The third kappa shape index (κ3) is 4.55. The summed E-state index contributed by atoms with van der Waals surface area (Å²) in [5.74, 6) is -1.50. The first-order chi connectivity index (χ1) is 13.4. The predicted octanol–water partition coefficient (Wildman–Crippen LogP) is 0.542. The van der Waals surface area contributed by atoms with Crippen molar-refractivity contribution < 1.29 is 14.4 Å². The number of H-pyrrole nitrogens is 1. The Morgan fingerprint density at radius 2 is 2.14 bits per heavy atom. The molecule has 0 bridgehead atoms. The van der Waals surface area contributed by atoms with E-state index in [1.165, 1.54) is 23.5 Å². The van der Waals surface area contributed by atoms with Gasteiger partial charge in [0.1, 0.15) is 22.4 Å². The Morgan fingerprint density at radius 1 is 1.36 bits per heavy atom. The molecule has 28 heavy (non-hydrogen) atoms. The van der Waals surface area contributed by atoms with Crippen LogP contribution in [0.25, 0.3) is 0 Å². The Morgan fingerprint density at radius 3 is 2.75 bits per heavy atom. The quantitative estimate of drug-likeness (QED) is 0.512. The predicted molar refractivity (Wildman–Crippen MR) is 105 cm³/mol. The summed E-state index contributed by atoms with van der Waals surface area (Å²) in [6, 6.07) is -1.63. The van der Waals surface area contributed by atoms with Crippen LogP contribution in [0.4, 0.5) is 0 Å². The van der Waals surface area contributed by atoms with E-state index in [2.05, 4.69) is 57.1 Å². The molecule has 0 aromatic carbocycles. The van der Waals surface area contributed by atoms with Gasteiger partial charge in [0.15, 0.2) is 4.73 Å². The molecule has 2 aromatic rings. The zero-order valence-electron chi connectivity index (χ0n) is 14.6. The molecule has 148 valence electrons. The van der Waals surface area contributed by atoms with Crippen molar-refractivity contribution in [1.82, 2.24) is 30.2 Å². The second-order valence-electron chi connectivity index (χ2n) is 6.21. The van der Waals surface area contributed by atoms with Crippen LogP contribution >= 0.6 is 31.9 Å². The van der Waals surface area contributed by atoms with Crippen molar-refractivity contribution in [3.05, 3.63) is 39.3 Å². The average Bonchev–Trinajstić information content (AvgIpc) is 3.28. The number of nitrogens with two attached hydrogens (primary N) is 1. The van der Waals surface area contributed by atoms with E-state index in [0.717, 1.165) is 0 Å². The highest BCUT2D eigenvalue weighted by atomic mass is 79.9. The molecule has 3 rings (SSSR count). The Hall–Kier alpha value is -2.34. The zero-order chi connectivity index (χ0) is 20.3. The molecule has 10 nitrogen and oxygen atoms in total. The Kier molecular flexibility index (Phi) is 6.39. The Bertz CT molecular complexity index is 890. The first-order valence-electron chi connectivity index (χ1n) is 8.43. The number of carbonyl (C=O) groups is 3. The summed E-state index contributed by atoms with van der Waals surface area (Å²) in [4.78, 5) is 53.8. The van der Waals surface area contributed by atoms with Crippen LogP contribution in [0.5, 0.6) is 0 Å². The molecule has 1 aliphatic heterocycles. The minimum atomic E-state index is -0.946. The number of hydrogen-bond donors (Lipinski definition) is 3. The lowest BCUT2D eigenvalue weighted by Crippen LogP contribution is -2.53. The summed E-state index contributed by atoms with van der Waals surface area (Å²) in [6.45, 7) is 0.401. The molecule has 0 saturated carbocycles. The van der Waals surface area contributed by atoms with Crippen molar-refractivity contribution in [3.63, 3.8) is 0 Å². The molecule has 0 unspecified atom stereocenters. The molecule has 0 aliphatic carbocycles. The van der Waals surface area contributed by atoms with Crippen molar-refractivity contribution in [2.45, 2.75) is 31.3 Å². The molecule has 3 heterocycles. The van der Waals surface area contributed by atoms with Crippen LogP contribution in [0.2, 0.25) is 0 Å². The fourth-order valence-corrected chi connectivity index (χ4v) is 4.17. The molecule has 0 radical (unpaired) electrons. The minimum Gasteiger partial charge on any atom is -0.368 e. The van der Waals surface area contributed by atoms with Crippen LogP contribution in [-0.2, 0) is 16.0 Å². The van der Waals surface area contributed by atoms with Gasteiger partial charge in [0.2, 0.25) is 11.8 Å². The third-order valence-corrected chi connectivity index (χ3v) is 5.40. The molecule has 3 amide bonds. The number of aromatic amines is 1. The molecule has 1 fully saturated rings. The van der Waals surface area contributed by atoms with Gasteiger partial charge < -0.3 is 20.9 Å². The maximum Gasteiger partial charge on any atom is 0.272 e. The standard InChI is InChI=1S/C16H17Br2N7O3/c17-12-8(23-16(18)24-12)6-9(22-14(27)10-7-20-3-4-21-10)15(28)25-5-1-2-11(25)13(19)26/h3-4,7,9,11H,1-2,5-6H2,(H2,19,26)(H,22,27)(H,23,24)/t9-,11-/m0/s1. The number of amides is 3. The van der Waals surface area contributed by atoms with E-state index in [9.17, 15) is 14.4 Å². The highest BCUT2D eigenvalue weighted by molar-refractivity contribution is 9.11. The second kappa shape index (κ2) is 8.78. The molecule has 4 N–H and O–H groups in total. The smallest absolute Gasteiger partial charge is 0.272 e. The maximum atomic E-state index is 13.2. The van der Waals surface area contributed by atoms with Gasteiger partial charge >= 0.3 is 0 Å². The number of hydrogen-bond acceptors (Lipinski definition) is 6. The van der Waals surface area contributed by atoms with Gasteiger partial charge in [-0.15, -0.1) is 0 Å². The van der Waals surface area contributed by atoms with E-state index in [4.69, 9.17) is 5.73 Å². The van der Waals surface area contributed by atoms with Crippen LogP contribution in [0, 0.1) is 0 Å². The number of carbonyl (C=O) groups excluding carboxylic acids is 3. The number of likely N-dealkylation sites (tertiary alicyclic amines) is 1. The maximum absolute atomic E-state index is 13.2. The van der Waals surface area contributed by atoms with Gasteiger partial charge in [0.05, 0.1) is 11.9 Å². The molecule has 1 aliphatic rings. The summed E-state index contributed by atoms with van der Waals surface area (Å²) >= 11 is 6.55. The summed E-state index contributed by atoms with van der Waals surface area (Å²) in [6.07, 6.45) is 5.45. The van der Waals surface area contributed by atoms with Crippen LogP contribution in [0.15, 0.2) is 27.9 Å². The number of aromatic nitrogens is 4. The molecule has 2 atom stereocenters. The van der Waals surface area contributed by atoms with E-state index >= 15 is 0 Å². The highest BCUT2D eigenvalue weighted by Gasteiger charge is 2.37. The van der Waals surface area contributed by atoms with E-state index in [-0.39, 0.29) is 12.1 Å². The molecular formula is C16H17Br2N7O3. The normalized spacial score (nSPS) is 17.4. The van der Waals surface area contributed by atoms with Crippen LogP contribution in [0.1, 0.15) is 29.0 Å². The van der Waals surface area contributed by atoms with Gasteiger partial charge in [-0.25, -0.2) is 9.97 Å². The number of rotatable bonds is 6. The minimum absolute atomic E-state index is 0.0815. The van der Waals surface area contributed by atoms with Gasteiger partial charge in [0, 0.05) is 25.4 Å². The Balaban J connectivity index is 1.85. The number of halogens is 2.